The van der Waals surface area contributed by atoms with Crippen LogP contribution >= 0.6 is 0 Å². The molecule has 0 rings (SSSR count). The Hall–Kier alpha value is 0.0869. The summed E-state index contributed by atoms with van der Waals surface area (Å²) < 4.78 is 18.4. The zero-order valence-corrected chi connectivity index (χ0v) is 4.70. The van der Waals surface area contributed by atoms with Crippen molar-refractivity contribution in [2.24, 2.45) is 10.3 Å². The van der Waals surface area contributed by atoms with Crippen molar-refractivity contribution in [2.45, 2.75) is 0 Å². The number of hydrogen-bond acceptors (Lipinski definition) is 2. The van der Waals surface area contributed by atoms with E-state index >= 15 is 0 Å². The van der Waals surface area contributed by atoms with E-state index in [9.17, 15) is 8.42 Å². The molecule has 0 fully saturated rings. The summed E-state index contributed by atoms with van der Waals surface area (Å²) in [6, 6.07) is 0. The standard InChI is InChI=1S/H4N2O2S.Si/c1-5(2,3)4;/h(H4,1,2,3,4);. The van der Waals surface area contributed by atoms with Gasteiger partial charge in [0.1, 0.15) is 0 Å². The van der Waals surface area contributed by atoms with Crippen LogP contribution in [0.1, 0.15) is 0 Å². The lowest BCUT2D eigenvalue weighted by Crippen LogP contribution is -2.21. The molecule has 4 N–H and O–H groups in total. The minimum atomic E-state index is -3.67. The van der Waals surface area contributed by atoms with Gasteiger partial charge in [0, 0.05) is 11.0 Å². The van der Waals surface area contributed by atoms with Crippen LogP contribution in [0.5, 0.6) is 0 Å². The first-order valence-corrected chi connectivity index (χ1v) is 2.41. The van der Waals surface area contributed by atoms with Crippen LogP contribution in [0, 0.1) is 0 Å². The van der Waals surface area contributed by atoms with Gasteiger partial charge in [-0.1, -0.05) is 0 Å². The second kappa shape index (κ2) is 2.29. The van der Waals surface area contributed by atoms with Crippen molar-refractivity contribution < 1.29 is 8.42 Å². The van der Waals surface area contributed by atoms with Gasteiger partial charge < -0.3 is 0 Å². The maximum absolute atomic E-state index is 9.19. The molecule has 0 amide bonds. The molecule has 36 valence electrons. The highest BCUT2D eigenvalue weighted by Crippen LogP contribution is 1.40. The fraction of sp³-hybridized carbons (Fsp3) is 0. The molecule has 0 aliphatic heterocycles. The van der Waals surface area contributed by atoms with Crippen molar-refractivity contribution in [1.82, 2.24) is 0 Å². The molecular weight excluding hydrogens is 120 g/mol. The van der Waals surface area contributed by atoms with Crippen LogP contribution in [0.3, 0.4) is 0 Å². The molecule has 4 radical (unpaired) electrons. The second-order valence-electron chi connectivity index (χ2n) is 0.589. The van der Waals surface area contributed by atoms with Gasteiger partial charge in [-0.05, 0) is 0 Å². The van der Waals surface area contributed by atoms with Crippen molar-refractivity contribution >= 4 is 21.2 Å². The first-order chi connectivity index (χ1) is 2.00. The van der Waals surface area contributed by atoms with Gasteiger partial charge in [0.05, 0.1) is 0 Å². The summed E-state index contributed by atoms with van der Waals surface area (Å²) in [5, 5.41) is 8.21. The molecule has 0 unspecified atom stereocenters. The quantitative estimate of drug-likeness (QED) is 0.358. The summed E-state index contributed by atoms with van der Waals surface area (Å²) in [5.41, 5.74) is 0. The molecule has 0 aromatic rings. The van der Waals surface area contributed by atoms with Crippen LogP contribution in [0.4, 0.5) is 0 Å². The number of hydrogen-bond donors (Lipinski definition) is 2. The number of rotatable bonds is 0. The summed E-state index contributed by atoms with van der Waals surface area (Å²) in [5.74, 6) is 0. The summed E-state index contributed by atoms with van der Waals surface area (Å²) >= 11 is 0. The van der Waals surface area contributed by atoms with Crippen LogP contribution in [-0.4, -0.2) is 19.4 Å². The Labute approximate surface area is 40.7 Å². The molecule has 0 spiro atoms. The van der Waals surface area contributed by atoms with Crippen molar-refractivity contribution in [3.8, 4) is 0 Å². The maximum atomic E-state index is 9.19. The summed E-state index contributed by atoms with van der Waals surface area (Å²) in [4.78, 5) is 0. The Bertz CT molecular complexity index is 94.7. The van der Waals surface area contributed by atoms with Gasteiger partial charge in [0.25, 0.3) is 10.2 Å². The minimum Gasteiger partial charge on any atom is -0.216 e. The zero-order valence-electron chi connectivity index (χ0n) is 2.88. The zero-order chi connectivity index (χ0) is 4.50. The molecule has 0 saturated heterocycles. The van der Waals surface area contributed by atoms with Crippen LogP contribution in [0.15, 0.2) is 0 Å². The topological polar surface area (TPSA) is 86.2 Å². The van der Waals surface area contributed by atoms with Crippen molar-refractivity contribution in [1.29, 1.82) is 0 Å². The average molecular weight is 124 g/mol. The predicted molar refractivity (Wildman–Crippen MR) is 23.0 cm³/mol. The van der Waals surface area contributed by atoms with E-state index in [2.05, 4.69) is 10.3 Å². The summed E-state index contributed by atoms with van der Waals surface area (Å²) in [6.45, 7) is 0. The lowest BCUT2D eigenvalue weighted by molar-refractivity contribution is 0.599. The molecular formula is H4N2O2SSi. The van der Waals surface area contributed by atoms with Crippen LogP contribution in [-0.2, 0) is 10.2 Å². The SMILES string of the molecule is NS(N)(=O)=O.[Si]. The first-order valence-electron chi connectivity index (χ1n) is 0.805. The van der Waals surface area contributed by atoms with Gasteiger partial charge in [-0.2, -0.15) is 8.42 Å². The molecule has 0 aromatic heterocycles. The largest absolute Gasteiger partial charge is 0.271 e. The highest BCUT2D eigenvalue weighted by molar-refractivity contribution is 7.86. The third kappa shape index (κ3) is 5160. The van der Waals surface area contributed by atoms with E-state index in [0.29, 0.717) is 0 Å². The van der Waals surface area contributed by atoms with Crippen molar-refractivity contribution in [3.63, 3.8) is 0 Å². The molecule has 0 aromatic carbocycles. The average Bonchev–Trinajstić information content (AvgIpc) is 0.722. The predicted octanol–water partition coefficient (Wildman–Crippen LogP) is -2.23. The van der Waals surface area contributed by atoms with Gasteiger partial charge in [0.2, 0.25) is 0 Å². The molecule has 0 aliphatic rings. The fourth-order valence-corrected chi connectivity index (χ4v) is 0. The van der Waals surface area contributed by atoms with E-state index in [1.807, 2.05) is 0 Å². The lowest BCUT2D eigenvalue weighted by atomic mass is 13.9. The smallest absolute Gasteiger partial charge is 0.216 e. The van der Waals surface area contributed by atoms with Gasteiger partial charge >= 0.3 is 0 Å². The van der Waals surface area contributed by atoms with Gasteiger partial charge in [0.15, 0.2) is 0 Å². The maximum Gasteiger partial charge on any atom is 0.271 e. The monoisotopic (exact) mass is 124 g/mol. The Morgan fingerprint density at radius 3 is 1.17 bits per heavy atom. The Morgan fingerprint density at radius 1 is 1.17 bits per heavy atom. The molecule has 0 bridgehead atoms. The van der Waals surface area contributed by atoms with Crippen molar-refractivity contribution in [2.75, 3.05) is 0 Å². The molecule has 0 saturated carbocycles. The van der Waals surface area contributed by atoms with E-state index in [-0.39, 0.29) is 11.0 Å². The molecule has 6 heteroatoms. The third-order valence-electron chi connectivity index (χ3n) is 0. The van der Waals surface area contributed by atoms with Gasteiger partial charge in [-0.15, -0.1) is 0 Å². The highest BCUT2D eigenvalue weighted by atomic mass is 32.2. The minimum absolute atomic E-state index is 0. The molecule has 0 heterocycles. The van der Waals surface area contributed by atoms with E-state index in [1.165, 1.54) is 0 Å². The Morgan fingerprint density at radius 2 is 1.17 bits per heavy atom. The molecule has 0 atom stereocenters. The van der Waals surface area contributed by atoms with Crippen molar-refractivity contribution in [3.05, 3.63) is 0 Å². The third-order valence-corrected chi connectivity index (χ3v) is 0. The summed E-state index contributed by atoms with van der Waals surface area (Å²) in [7, 11) is -3.67. The fourth-order valence-electron chi connectivity index (χ4n) is 0. The Kier molecular flexibility index (Phi) is 3.60. The number of nitrogens with two attached hydrogens (primary N) is 2. The first kappa shape index (κ1) is 9.43. The van der Waals surface area contributed by atoms with E-state index in [4.69, 9.17) is 0 Å². The lowest BCUT2D eigenvalue weighted by Gasteiger charge is -1.72. The molecule has 0 aliphatic carbocycles. The molecule has 6 heavy (non-hydrogen) atoms. The van der Waals surface area contributed by atoms with Crippen LogP contribution in [0.25, 0.3) is 0 Å². The second-order valence-corrected chi connectivity index (χ2v) is 1.77. The normalized spacial score (nSPS) is 9.67. The highest BCUT2D eigenvalue weighted by Gasteiger charge is 1.78. The van der Waals surface area contributed by atoms with Crippen LogP contribution in [0.2, 0.25) is 0 Å². The van der Waals surface area contributed by atoms with E-state index in [0.717, 1.165) is 0 Å². The molecule has 4 nitrogen and oxygen atoms in total. The van der Waals surface area contributed by atoms with Gasteiger partial charge in [-0.3, -0.25) is 0 Å². The summed E-state index contributed by atoms with van der Waals surface area (Å²) in [6.07, 6.45) is 0. The van der Waals surface area contributed by atoms with Gasteiger partial charge in [-0.25, -0.2) is 10.3 Å². The van der Waals surface area contributed by atoms with E-state index in [1.54, 1.807) is 0 Å². The Balaban J connectivity index is 0. The van der Waals surface area contributed by atoms with E-state index < -0.39 is 10.2 Å². The van der Waals surface area contributed by atoms with Crippen LogP contribution < -0.4 is 10.3 Å².